The van der Waals surface area contributed by atoms with E-state index in [4.69, 9.17) is 0 Å². The molecule has 1 N–H and O–H groups in total. The Kier molecular flexibility index (Phi) is 1.95. The molecule has 3 heterocycles. The van der Waals surface area contributed by atoms with E-state index in [2.05, 4.69) is 51.4 Å². The van der Waals surface area contributed by atoms with Gasteiger partial charge in [0.2, 0.25) is 0 Å². The molecule has 0 aliphatic carbocycles. The molecule has 0 saturated carbocycles. The maximum Gasteiger partial charge on any atom is 0.0943 e. The molecule has 0 amide bonds. The Morgan fingerprint density at radius 3 is 1.67 bits per heavy atom. The van der Waals surface area contributed by atoms with Gasteiger partial charge in [-0.3, -0.25) is 9.97 Å². The number of fused-ring (bicyclic) bond motifs is 7. The van der Waals surface area contributed by atoms with E-state index in [0.29, 0.717) is 0 Å². The average Bonchev–Trinajstić information content (AvgIpc) is 2.94. The number of nitrogens with zero attached hydrogens (tertiary/aromatic N) is 2. The van der Waals surface area contributed by atoms with Crippen molar-refractivity contribution in [3.05, 3.63) is 60.9 Å². The van der Waals surface area contributed by atoms with Crippen molar-refractivity contribution in [3.8, 4) is 0 Å². The molecule has 0 aliphatic heterocycles. The standard InChI is InChI=1S/C18H11N3/c1-3-11-5-7-13-14-8-6-12-4-2-10-20-16(12)18(14)21-17(13)15(11)19-9-1/h1-10,21H. The molecule has 0 unspecified atom stereocenters. The molecule has 5 aromatic rings. The highest BCUT2D eigenvalue weighted by atomic mass is 14.8. The molecule has 0 spiro atoms. The maximum absolute atomic E-state index is 4.53. The quantitative estimate of drug-likeness (QED) is 0.452. The summed E-state index contributed by atoms with van der Waals surface area (Å²) in [6.45, 7) is 0. The van der Waals surface area contributed by atoms with Gasteiger partial charge in [0.05, 0.1) is 22.1 Å². The van der Waals surface area contributed by atoms with Crippen LogP contribution in [-0.2, 0) is 0 Å². The van der Waals surface area contributed by atoms with Crippen molar-refractivity contribution in [1.29, 1.82) is 0 Å². The molecule has 0 fully saturated rings. The molecule has 0 radical (unpaired) electrons. The van der Waals surface area contributed by atoms with Gasteiger partial charge in [0, 0.05) is 33.9 Å². The second kappa shape index (κ2) is 3.79. The summed E-state index contributed by atoms with van der Waals surface area (Å²) >= 11 is 0. The molecule has 3 aromatic heterocycles. The van der Waals surface area contributed by atoms with Gasteiger partial charge in [-0.2, -0.15) is 0 Å². The van der Waals surface area contributed by atoms with Crippen molar-refractivity contribution in [1.82, 2.24) is 15.0 Å². The Balaban J connectivity index is 2.09. The molecular weight excluding hydrogens is 258 g/mol. The molecule has 21 heavy (non-hydrogen) atoms. The average molecular weight is 269 g/mol. The van der Waals surface area contributed by atoms with E-state index in [0.717, 1.165) is 32.8 Å². The van der Waals surface area contributed by atoms with Crippen LogP contribution in [0, 0.1) is 0 Å². The van der Waals surface area contributed by atoms with E-state index in [1.54, 1.807) is 0 Å². The highest BCUT2D eigenvalue weighted by molar-refractivity contribution is 6.20. The van der Waals surface area contributed by atoms with Crippen LogP contribution in [0.3, 0.4) is 0 Å². The fourth-order valence-electron chi connectivity index (χ4n) is 3.12. The minimum absolute atomic E-state index is 1.01. The summed E-state index contributed by atoms with van der Waals surface area (Å²) in [6.07, 6.45) is 3.67. The van der Waals surface area contributed by atoms with E-state index in [9.17, 15) is 0 Å². The van der Waals surface area contributed by atoms with Gasteiger partial charge >= 0.3 is 0 Å². The molecule has 2 aromatic carbocycles. The fourth-order valence-corrected chi connectivity index (χ4v) is 3.12. The van der Waals surface area contributed by atoms with Crippen LogP contribution in [0.2, 0.25) is 0 Å². The van der Waals surface area contributed by atoms with Gasteiger partial charge in [-0.15, -0.1) is 0 Å². The number of hydrogen-bond acceptors (Lipinski definition) is 2. The van der Waals surface area contributed by atoms with Crippen molar-refractivity contribution in [2.45, 2.75) is 0 Å². The summed E-state index contributed by atoms with van der Waals surface area (Å²) in [6, 6.07) is 16.7. The van der Waals surface area contributed by atoms with Gasteiger partial charge < -0.3 is 4.98 Å². The Bertz CT molecular complexity index is 1050. The van der Waals surface area contributed by atoms with Crippen LogP contribution in [0.5, 0.6) is 0 Å². The highest BCUT2D eigenvalue weighted by Crippen LogP contribution is 2.33. The second-order valence-electron chi connectivity index (χ2n) is 5.25. The van der Waals surface area contributed by atoms with Crippen molar-refractivity contribution in [2.24, 2.45) is 0 Å². The Hall–Kier alpha value is -2.94. The maximum atomic E-state index is 4.53. The first-order chi connectivity index (χ1) is 10.4. The Morgan fingerprint density at radius 1 is 0.619 bits per heavy atom. The second-order valence-corrected chi connectivity index (χ2v) is 5.25. The van der Waals surface area contributed by atoms with Crippen LogP contribution >= 0.6 is 0 Å². The molecular formula is C18H11N3. The number of pyridine rings is 2. The molecule has 5 rings (SSSR count). The molecule has 0 aliphatic rings. The lowest BCUT2D eigenvalue weighted by atomic mass is 10.1. The fraction of sp³-hybridized carbons (Fsp3) is 0. The largest absolute Gasteiger partial charge is 0.351 e. The van der Waals surface area contributed by atoms with Crippen molar-refractivity contribution >= 4 is 43.6 Å². The molecule has 3 nitrogen and oxygen atoms in total. The van der Waals surface area contributed by atoms with Crippen molar-refractivity contribution < 1.29 is 0 Å². The van der Waals surface area contributed by atoms with Gasteiger partial charge in [0.15, 0.2) is 0 Å². The van der Waals surface area contributed by atoms with E-state index < -0.39 is 0 Å². The summed E-state index contributed by atoms with van der Waals surface area (Å²) in [5, 5.41) is 4.69. The first kappa shape index (κ1) is 10.8. The zero-order valence-corrected chi connectivity index (χ0v) is 11.2. The highest BCUT2D eigenvalue weighted by Gasteiger charge is 2.10. The van der Waals surface area contributed by atoms with Crippen LogP contribution in [0.1, 0.15) is 0 Å². The van der Waals surface area contributed by atoms with Crippen LogP contribution in [0.25, 0.3) is 43.6 Å². The minimum Gasteiger partial charge on any atom is -0.351 e. The summed E-state index contributed by atoms with van der Waals surface area (Å²) in [5.74, 6) is 0. The number of H-pyrrole nitrogens is 1. The number of hydrogen-bond donors (Lipinski definition) is 1. The van der Waals surface area contributed by atoms with Crippen molar-refractivity contribution in [2.75, 3.05) is 0 Å². The SMILES string of the molecule is c1cnc2c(c1)ccc1c3ccc4cccnc4c3[nH]c12. The Labute approximate surface area is 120 Å². The predicted octanol–water partition coefficient (Wildman–Crippen LogP) is 4.42. The minimum atomic E-state index is 1.01. The third-order valence-electron chi connectivity index (χ3n) is 4.09. The first-order valence-electron chi connectivity index (χ1n) is 6.95. The van der Waals surface area contributed by atoms with Crippen LogP contribution < -0.4 is 0 Å². The Morgan fingerprint density at radius 2 is 1.14 bits per heavy atom. The van der Waals surface area contributed by atoms with Crippen LogP contribution in [0.15, 0.2) is 60.9 Å². The number of benzene rings is 2. The van der Waals surface area contributed by atoms with Crippen molar-refractivity contribution in [3.63, 3.8) is 0 Å². The summed E-state index contributed by atoms with van der Waals surface area (Å²) in [4.78, 5) is 12.6. The molecule has 0 saturated heterocycles. The predicted molar refractivity (Wildman–Crippen MR) is 86.4 cm³/mol. The van der Waals surface area contributed by atoms with Gasteiger partial charge in [0.1, 0.15) is 0 Å². The normalized spacial score (nSPS) is 11.8. The zero-order valence-electron chi connectivity index (χ0n) is 11.2. The topological polar surface area (TPSA) is 41.6 Å². The third-order valence-corrected chi connectivity index (χ3v) is 4.09. The van der Waals surface area contributed by atoms with Gasteiger partial charge in [-0.05, 0) is 12.1 Å². The molecule has 98 valence electrons. The van der Waals surface area contributed by atoms with E-state index in [-0.39, 0.29) is 0 Å². The number of aromatic amines is 1. The number of rotatable bonds is 0. The molecule has 3 heteroatoms. The first-order valence-corrected chi connectivity index (χ1v) is 6.95. The van der Waals surface area contributed by atoms with Gasteiger partial charge in [-0.25, -0.2) is 0 Å². The van der Waals surface area contributed by atoms with Gasteiger partial charge in [0.25, 0.3) is 0 Å². The van der Waals surface area contributed by atoms with E-state index in [1.165, 1.54) is 10.8 Å². The summed E-state index contributed by atoms with van der Waals surface area (Å²) in [7, 11) is 0. The third kappa shape index (κ3) is 1.37. The lowest BCUT2D eigenvalue weighted by Crippen LogP contribution is -1.79. The van der Waals surface area contributed by atoms with Crippen LogP contribution in [0.4, 0.5) is 0 Å². The van der Waals surface area contributed by atoms with Gasteiger partial charge in [-0.1, -0.05) is 36.4 Å². The lowest BCUT2D eigenvalue weighted by Gasteiger charge is -1.98. The lowest BCUT2D eigenvalue weighted by molar-refractivity contribution is 1.40. The smallest absolute Gasteiger partial charge is 0.0943 e. The summed E-state index contributed by atoms with van der Waals surface area (Å²) in [5.41, 5.74) is 4.19. The number of aromatic nitrogens is 3. The summed E-state index contributed by atoms with van der Waals surface area (Å²) < 4.78 is 0. The number of nitrogens with one attached hydrogen (secondary N) is 1. The van der Waals surface area contributed by atoms with E-state index in [1.807, 2.05) is 24.5 Å². The monoisotopic (exact) mass is 269 g/mol. The molecule has 0 atom stereocenters. The van der Waals surface area contributed by atoms with Crippen LogP contribution in [-0.4, -0.2) is 15.0 Å². The van der Waals surface area contributed by atoms with E-state index >= 15 is 0 Å². The zero-order chi connectivity index (χ0) is 13.8. The molecule has 0 bridgehead atoms.